The standard InChI is InChI=1S/C17H22N4O/c1-22-15-8-3-2-7-13(15)17-20-11-14(19-10-9-18)16(21-17)12-5-4-6-12/h2-3,7-8,11-12,19H,4-6,9-10,18H2,1H3. The zero-order valence-corrected chi connectivity index (χ0v) is 12.9. The van der Waals surface area contributed by atoms with Crippen molar-refractivity contribution in [2.75, 3.05) is 25.5 Å². The van der Waals surface area contributed by atoms with Gasteiger partial charge in [-0.25, -0.2) is 9.97 Å². The summed E-state index contributed by atoms with van der Waals surface area (Å²) in [4.78, 5) is 9.35. The van der Waals surface area contributed by atoms with Crippen LogP contribution in [0.25, 0.3) is 11.4 Å². The zero-order valence-electron chi connectivity index (χ0n) is 12.9. The summed E-state index contributed by atoms with van der Waals surface area (Å²) in [5.74, 6) is 2.04. The molecule has 0 spiro atoms. The van der Waals surface area contributed by atoms with E-state index in [-0.39, 0.29) is 0 Å². The van der Waals surface area contributed by atoms with Crippen LogP contribution in [0.4, 0.5) is 5.69 Å². The first-order chi connectivity index (χ1) is 10.8. The van der Waals surface area contributed by atoms with Gasteiger partial charge in [-0.2, -0.15) is 0 Å². The third-order valence-electron chi connectivity index (χ3n) is 4.12. The highest BCUT2D eigenvalue weighted by Crippen LogP contribution is 2.39. The summed E-state index contributed by atoms with van der Waals surface area (Å²) in [5.41, 5.74) is 8.63. The molecule has 0 aliphatic heterocycles. The van der Waals surface area contributed by atoms with E-state index in [1.165, 1.54) is 19.3 Å². The smallest absolute Gasteiger partial charge is 0.163 e. The molecule has 1 fully saturated rings. The molecule has 116 valence electrons. The number of benzene rings is 1. The van der Waals surface area contributed by atoms with Crippen LogP contribution in [0.15, 0.2) is 30.5 Å². The Kier molecular flexibility index (Phi) is 4.53. The number of hydrogen-bond donors (Lipinski definition) is 2. The molecular formula is C17H22N4O. The Morgan fingerprint density at radius 2 is 2.14 bits per heavy atom. The molecule has 0 radical (unpaired) electrons. The van der Waals surface area contributed by atoms with Crippen molar-refractivity contribution in [3.8, 4) is 17.1 Å². The summed E-state index contributed by atoms with van der Waals surface area (Å²) in [6.45, 7) is 1.33. The molecule has 3 rings (SSSR count). The predicted molar refractivity (Wildman–Crippen MR) is 88.2 cm³/mol. The molecule has 5 nitrogen and oxygen atoms in total. The maximum absolute atomic E-state index is 5.59. The van der Waals surface area contributed by atoms with Gasteiger partial charge in [0.15, 0.2) is 5.82 Å². The molecule has 0 saturated heterocycles. The van der Waals surface area contributed by atoms with Gasteiger partial charge in [0.1, 0.15) is 5.75 Å². The van der Waals surface area contributed by atoms with Crippen molar-refractivity contribution < 1.29 is 4.74 Å². The third-order valence-corrected chi connectivity index (χ3v) is 4.12. The third kappa shape index (κ3) is 2.90. The van der Waals surface area contributed by atoms with Crippen molar-refractivity contribution in [3.63, 3.8) is 0 Å². The van der Waals surface area contributed by atoms with Gasteiger partial charge in [-0.15, -0.1) is 0 Å². The van der Waals surface area contributed by atoms with Crippen LogP contribution < -0.4 is 15.8 Å². The maximum Gasteiger partial charge on any atom is 0.163 e. The van der Waals surface area contributed by atoms with Crippen molar-refractivity contribution in [1.82, 2.24) is 9.97 Å². The number of para-hydroxylation sites is 1. The van der Waals surface area contributed by atoms with E-state index < -0.39 is 0 Å². The van der Waals surface area contributed by atoms with Crippen LogP contribution >= 0.6 is 0 Å². The molecule has 5 heteroatoms. The topological polar surface area (TPSA) is 73.1 Å². The molecule has 1 aromatic carbocycles. The lowest BCUT2D eigenvalue weighted by Crippen LogP contribution is -2.18. The lowest BCUT2D eigenvalue weighted by atomic mass is 9.82. The quantitative estimate of drug-likeness (QED) is 0.858. The normalized spacial score (nSPS) is 14.5. The van der Waals surface area contributed by atoms with Crippen LogP contribution in [0.2, 0.25) is 0 Å². The van der Waals surface area contributed by atoms with Crippen LogP contribution in [-0.4, -0.2) is 30.2 Å². The summed E-state index contributed by atoms with van der Waals surface area (Å²) < 4.78 is 5.42. The van der Waals surface area contributed by atoms with Gasteiger partial charge in [0.05, 0.1) is 30.3 Å². The second-order valence-corrected chi connectivity index (χ2v) is 5.54. The Labute approximate surface area is 130 Å². The molecule has 1 saturated carbocycles. The lowest BCUT2D eigenvalue weighted by molar-refractivity contribution is 0.410. The number of ether oxygens (including phenoxy) is 1. The van der Waals surface area contributed by atoms with Crippen LogP contribution in [0, 0.1) is 0 Å². The van der Waals surface area contributed by atoms with Crippen LogP contribution in [-0.2, 0) is 0 Å². The lowest BCUT2D eigenvalue weighted by Gasteiger charge is -2.27. The molecule has 0 unspecified atom stereocenters. The SMILES string of the molecule is COc1ccccc1-c1ncc(NCCN)c(C2CCC2)n1. The monoisotopic (exact) mass is 298 g/mol. The summed E-state index contributed by atoms with van der Waals surface area (Å²) in [7, 11) is 1.67. The molecule has 2 aromatic rings. The molecule has 1 heterocycles. The van der Waals surface area contributed by atoms with E-state index >= 15 is 0 Å². The Morgan fingerprint density at radius 1 is 1.32 bits per heavy atom. The zero-order chi connectivity index (χ0) is 15.4. The van der Waals surface area contributed by atoms with E-state index in [2.05, 4.69) is 10.3 Å². The largest absolute Gasteiger partial charge is 0.496 e. The molecule has 0 bridgehead atoms. The highest BCUT2D eigenvalue weighted by molar-refractivity contribution is 5.65. The number of hydrogen-bond acceptors (Lipinski definition) is 5. The van der Waals surface area contributed by atoms with Gasteiger partial charge in [-0.1, -0.05) is 18.6 Å². The first kappa shape index (κ1) is 14.8. The van der Waals surface area contributed by atoms with Crippen LogP contribution in [0.5, 0.6) is 5.75 Å². The van der Waals surface area contributed by atoms with Gasteiger partial charge < -0.3 is 15.8 Å². The molecular weight excluding hydrogens is 276 g/mol. The minimum absolute atomic E-state index is 0.525. The number of nitrogens with two attached hydrogens (primary N) is 1. The minimum atomic E-state index is 0.525. The van der Waals surface area contributed by atoms with Crippen molar-refractivity contribution in [1.29, 1.82) is 0 Å². The Hall–Kier alpha value is -2.14. The van der Waals surface area contributed by atoms with Crippen molar-refractivity contribution in [2.45, 2.75) is 25.2 Å². The van der Waals surface area contributed by atoms with Gasteiger partial charge >= 0.3 is 0 Å². The summed E-state index contributed by atoms with van der Waals surface area (Å²) >= 11 is 0. The van der Waals surface area contributed by atoms with Gasteiger partial charge in [-0.3, -0.25) is 0 Å². The van der Waals surface area contributed by atoms with E-state index in [1.54, 1.807) is 7.11 Å². The fourth-order valence-corrected chi connectivity index (χ4v) is 2.69. The highest BCUT2D eigenvalue weighted by Gasteiger charge is 2.25. The van der Waals surface area contributed by atoms with Crippen LogP contribution in [0.1, 0.15) is 30.9 Å². The van der Waals surface area contributed by atoms with Gasteiger partial charge in [0.25, 0.3) is 0 Å². The average Bonchev–Trinajstić information content (AvgIpc) is 2.52. The van der Waals surface area contributed by atoms with Crippen molar-refractivity contribution in [3.05, 3.63) is 36.2 Å². The fraction of sp³-hybridized carbons (Fsp3) is 0.412. The molecule has 1 aromatic heterocycles. The number of rotatable bonds is 6. The number of nitrogens with zero attached hydrogens (tertiary/aromatic N) is 2. The van der Waals surface area contributed by atoms with Gasteiger partial charge in [-0.05, 0) is 25.0 Å². The predicted octanol–water partition coefficient (Wildman–Crippen LogP) is 2.79. The summed E-state index contributed by atoms with van der Waals surface area (Å²) in [5, 5.41) is 3.34. The molecule has 1 aliphatic carbocycles. The summed E-state index contributed by atoms with van der Waals surface area (Å²) in [6.07, 6.45) is 5.53. The maximum atomic E-state index is 5.59. The first-order valence-corrected chi connectivity index (χ1v) is 7.77. The summed E-state index contributed by atoms with van der Waals surface area (Å²) in [6, 6.07) is 7.85. The highest BCUT2D eigenvalue weighted by atomic mass is 16.5. The van der Waals surface area contributed by atoms with E-state index in [4.69, 9.17) is 15.5 Å². The van der Waals surface area contributed by atoms with Crippen LogP contribution in [0.3, 0.4) is 0 Å². The fourth-order valence-electron chi connectivity index (χ4n) is 2.69. The van der Waals surface area contributed by atoms with E-state index in [9.17, 15) is 0 Å². The van der Waals surface area contributed by atoms with E-state index in [0.717, 1.165) is 35.1 Å². The molecule has 0 atom stereocenters. The molecule has 1 aliphatic rings. The Morgan fingerprint density at radius 3 is 2.82 bits per heavy atom. The van der Waals surface area contributed by atoms with Crippen molar-refractivity contribution in [2.24, 2.45) is 5.73 Å². The number of methoxy groups -OCH3 is 1. The molecule has 3 N–H and O–H groups in total. The molecule has 0 amide bonds. The second-order valence-electron chi connectivity index (χ2n) is 5.54. The van der Waals surface area contributed by atoms with Gasteiger partial charge in [0.2, 0.25) is 0 Å². The molecule has 22 heavy (non-hydrogen) atoms. The minimum Gasteiger partial charge on any atom is -0.496 e. The Bertz CT molecular complexity index is 640. The first-order valence-electron chi connectivity index (χ1n) is 7.77. The number of nitrogens with one attached hydrogen (secondary N) is 1. The van der Waals surface area contributed by atoms with Gasteiger partial charge in [0, 0.05) is 19.0 Å². The number of aromatic nitrogens is 2. The van der Waals surface area contributed by atoms with E-state index in [0.29, 0.717) is 12.5 Å². The van der Waals surface area contributed by atoms with Crippen molar-refractivity contribution >= 4 is 5.69 Å². The second kappa shape index (κ2) is 6.75. The average molecular weight is 298 g/mol. The number of anilines is 1. The Balaban J connectivity index is 1.98. The van der Waals surface area contributed by atoms with E-state index in [1.807, 2.05) is 30.5 Å².